The van der Waals surface area contributed by atoms with Gasteiger partial charge in [-0.3, -0.25) is 0 Å². The Balaban J connectivity index is 1.35. The summed E-state index contributed by atoms with van der Waals surface area (Å²) in [6, 6.07) is 13.9. The summed E-state index contributed by atoms with van der Waals surface area (Å²) in [6.07, 6.45) is 7.14. The summed E-state index contributed by atoms with van der Waals surface area (Å²) in [5.74, 6) is 0. The fourth-order valence-corrected chi connectivity index (χ4v) is 9.64. The Hall–Kier alpha value is -3.48. The van der Waals surface area contributed by atoms with Crippen molar-refractivity contribution in [3.05, 3.63) is 65.3 Å². The van der Waals surface area contributed by atoms with Crippen molar-refractivity contribution in [3.63, 3.8) is 0 Å². The number of nitrogens with one attached hydrogen (secondary N) is 4. The van der Waals surface area contributed by atoms with Crippen LogP contribution in [-0.2, 0) is 20.2 Å². The van der Waals surface area contributed by atoms with Gasteiger partial charge >= 0.3 is 12.1 Å². The van der Waals surface area contributed by atoms with Gasteiger partial charge in [0.05, 0.1) is 26.9 Å². The number of thiazole rings is 1. The normalized spacial score (nSPS) is 21.7. The first-order chi connectivity index (χ1) is 22.1. The van der Waals surface area contributed by atoms with Gasteiger partial charge in [-0.2, -0.15) is 0 Å². The molecule has 0 spiro atoms. The Labute approximate surface area is 282 Å². The number of rotatable bonds is 10. The van der Waals surface area contributed by atoms with Crippen LogP contribution in [0.3, 0.4) is 0 Å². The molecule has 254 valence electrons. The average Bonchev–Trinajstić information content (AvgIpc) is 3.51. The lowest BCUT2D eigenvalue weighted by Crippen LogP contribution is -2.49. The molecule has 0 radical (unpaired) electrons. The Kier molecular flexibility index (Phi) is 10.1. The van der Waals surface area contributed by atoms with Gasteiger partial charge in [-0.05, 0) is 103 Å². The summed E-state index contributed by atoms with van der Waals surface area (Å²) in [5.41, 5.74) is 1.18. The number of hydrogen-bond donors (Lipinski definition) is 4. The largest absolute Gasteiger partial charge is 0.447 e. The minimum absolute atomic E-state index is 0.0547. The molecule has 0 aliphatic heterocycles. The number of carbonyl (C=O) groups is 2. The second-order valence-corrected chi connectivity index (χ2v) is 17.1. The number of urea groups is 1. The van der Waals surface area contributed by atoms with Crippen LogP contribution in [0.1, 0.15) is 96.7 Å². The van der Waals surface area contributed by atoms with Crippen molar-refractivity contribution in [2.75, 3.05) is 11.9 Å². The molecular formula is C35H47N5O5S2. The van der Waals surface area contributed by atoms with E-state index >= 15 is 0 Å². The van der Waals surface area contributed by atoms with E-state index in [0.29, 0.717) is 17.8 Å². The fourth-order valence-electron chi connectivity index (χ4n) is 6.68. The number of alkyl carbamates (subject to hydrolysis) is 1. The average molecular weight is 682 g/mol. The van der Waals surface area contributed by atoms with E-state index in [9.17, 15) is 18.0 Å². The Morgan fingerprint density at radius 3 is 2.26 bits per heavy atom. The van der Waals surface area contributed by atoms with Crippen LogP contribution >= 0.6 is 11.3 Å². The van der Waals surface area contributed by atoms with Crippen molar-refractivity contribution >= 4 is 39.2 Å². The van der Waals surface area contributed by atoms with E-state index in [1.807, 2.05) is 51.1 Å². The number of ether oxygens (including phenoxy) is 1. The van der Waals surface area contributed by atoms with Crippen molar-refractivity contribution in [2.24, 2.45) is 5.41 Å². The predicted octanol–water partition coefficient (Wildman–Crippen LogP) is 7.50. The Morgan fingerprint density at radius 2 is 1.64 bits per heavy atom. The number of sulfonamides is 1. The third-order valence-corrected chi connectivity index (χ3v) is 12.3. The highest BCUT2D eigenvalue weighted by Crippen LogP contribution is 2.58. The standard InChI is InChI=1S/C35H47N5O5S2/c1-23(2)45-32(42)37-22-34-14-17-35(18-15-34,19-16-34)30-36-21-28(46-30)27-13-12-26(20-29(27)47(43,44)40-33(4,5)6)39-31(41)38-24(3)25-10-8-7-9-11-25/h7-13,20-21,23-24,40H,14-19,22H2,1-6H3,(H,37,42)(H2,38,39,41)/t24-,34?,35?/m1/s1. The molecule has 1 heterocycles. The van der Waals surface area contributed by atoms with Crippen molar-refractivity contribution < 1.29 is 22.7 Å². The molecule has 2 bridgehead atoms. The molecule has 10 nitrogen and oxygen atoms in total. The van der Waals surface area contributed by atoms with Gasteiger partial charge in [0.1, 0.15) is 0 Å². The van der Waals surface area contributed by atoms with Gasteiger partial charge in [0.15, 0.2) is 0 Å². The molecule has 0 unspecified atom stereocenters. The monoisotopic (exact) mass is 681 g/mol. The SMILES string of the molecule is CC(C)OC(=O)NCC12CCC(c3ncc(-c4ccc(NC(=O)N[C@H](C)c5ccccc5)cc4S(=O)(=O)NC(C)(C)C)s3)(CC1)CC2. The lowest BCUT2D eigenvalue weighted by molar-refractivity contribution is 0.0365. The third kappa shape index (κ3) is 8.33. The van der Waals surface area contributed by atoms with Gasteiger partial charge in [-0.15, -0.1) is 11.3 Å². The molecule has 0 saturated heterocycles. The number of amides is 3. The predicted molar refractivity (Wildman–Crippen MR) is 186 cm³/mol. The minimum atomic E-state index is -3.97. The van der Waals surface area contributed by atoms with Crippen LogP contribution in [0.4, 0.5) is 15.3 Å². The highest BCUT2D eigenvalue weighted by molar-refractivity contribution is 7.89. The topological polar surface area (TPSA) is 139 Å². The molecule has 3 saturated carbocycles. The molecule has 3 aliphatic carbocycles. The maximum absolute atomic E-state index is 13.8. The Bertz CT molecular complexity index is 1670. The van der Waals surface area contributed by atoms with E-state index in [-0.39, 0.29) is 34.0 Å². The minimum Gasteiger partial charge on any atom is -0.447 e. The number of hydrogen-bond acceptors (Lipinski definition) is 7. The zero-order valence-corrected chi connectivity index (χ0v) is 29.7. The molecular weight excluding hydrogens is 635 g/mol. The van der Waals surface area contributed by atoms with Crippen molar-refractivity contribution in [2.45, 2.75) is 108 Å². The first-order valence-corrected chi connectivity index (χ1v) is 18.6. The molecule has 3 aliphatic rings. The molecule has 3 amide bonds. The summed E-state index contributed by atoms with van der Waals surface area (Å²) in [4.78, 5) is 30.8. The zero-order chi connectivity index (χ0) is 34.0. The highest BCUT2D eigenvalue weighted by Gasteiger charge is 2.50. The van der Waals surface area contributed by atoms with Crippen molar-refractivity contribution in [1.82, 2.24) is 20.3 Å². The molecule has 2 aromatic carbocycles. The third-order valence-electron chi connectivity index (χ3n) is 9.19. The maximum atomic E-state index is 13.8. The summed E-state index contributed by atoms with van der Waals surface area (Å²) < 4.78 is 35.6. The fraction of sp³-hybridized carbons (Fsp3) is 0.514. The number of anilines is 1. The lowest BCUT2D eigenvalue weighted by atomic mass is 9.54. The second-order valence-electron chi connectivity index (χ2n) is 14.4. The van der Waals surface area contributed by atoms with Crippen LogP contribution in [0.15, 0.2) is 59.6 Å². The smallest absolute Gasteiger partial charge is 0.407 e. The van der Waals surface area contributed by atoms with Gasteiger partial charge in [0, 0.05) is 34.9 Å². The number of nitrogens with zero attached hydrogens (tertiary/aromatic N) is 1. The van der Waals surface area contributed by atoms with E-state index in [1.54, 1.807) is 50.4 Å². The van der Waals surface area contributed by atoms with Gasteiger partial charge in [-0.1, -0.05) is 36.4 Å². The number of aromatic nitrogens is 1. The molecule has 12 heteroatoms. The zero-order valence-electron chi connectivity index (χ0n) is 28.1. The van der Waals surface area contributed by atoms with E-state index in [4.69, 9.17) is 9.72 Å². The lowest BCUT2D eigenvalue weighted by Gasteiger charge is -2.52. The van der Waals surface area contributed by atoms with Crippen LogP contribution in [0.5, 0.6) is 0 Å². The van der Waals surface area contributed by atoms with Crippen LogP contribution in [0, 0.1) is 5.41 Å². The van der Waals surface area contributed by atoms with Crippen LogP contribution in [-0.4, -0.2) is 43.7 Å². The van der Waals surface area contributed by atoms with Gasteiger partial charge in [0.2, 0.25) is 10.0 Å². The van der Waals surface area contributed by atoms with Gasteiger partial charge < -0.3 is 20.7 Å². The quantitative estimate of drug-likeness (QED) is 0.175. The van der Waals surface area contributed by atoms with Crippen LogP contribution in [0.25, 0.3) is 10.4 Å². The van der Waals surface area contributed by atoms with E-state index in [2.05, 4.69) is 20.7 Å². The van der Waals surface area contributed by atoms with Gasteiger partial charge in [-0.25, -0.2) is 27.7 Å². The molecule has 1 aromatic heterocycles. The van der Waals surface area contributed by atoms with Crippen molar-refractivity contribution in [3.8, 4) is 10.4 Å². The van der Waals surface area contributed by atoms with Crippen LogP contribution in [0.2, 0.25) is 0 Å². The van der Waals surface area contributed by atoms with E-state index < -0.39 is 21.6 Å². The summed E-state index contributed by atoms with van der Waals surface area (Å²) in [7, 11) is -3.97. The molecule has 4 N–H and O–H groups in total. The van der Waals surface area contributed by atoms with E-state index in [0.717, 1.165) is 54.0 Å². The maximum Gasteiger partial charge on any atom is 0.407 e. The molecule has 3 fully saturated rings. The first kappa shape index (κ1) is 34.8. The number of carbonyl (C=O) groups excluding carboxylic acids is 2. The molecule has 47 heavy (non-hydrogen) atoms. The summed E-state index contributed by atoms with van der Waals surface area (Å²) in [6.45, 7) is 11.6. The highest BCUT2D eigenvalue weighted by atomic mass is 32.2. The molecule has 1 atom stereocenters. The number of fused-ring (bicyclic) bond motifs is 3. The number of benzene rings is 2. The van der Waals surface area contributed by atoms with E-state index in [1.165, 1.54) is 6.07 Å². The second kappa shape index (κ2) is 13.6. The molecule has 6 rings (SSSR count). The summed E-state index contributed by atoms with van der Waals surface area (Å²) in [5, 5.41) is 9.73. The van der Waals surface area contributed by atoms with Gasteiger partial charge in [0.25, 0.3) is 0 Å². The first-order valence-electron chi connectivity index (χ1n) is 16.3. The van der Waals surface area contributed by atoms with Crippen LogP contribution < -0.4 is 20.7 Å². The van der Waals surface area contributed by atoms with Crippen molar-refractivity contribution in [1.29, 1.82) is 0 Å². The Morgan fingerprint density at radius 1 is 0.979 bits per heavy atom. The summed E-state index contributed by atoms with van der Waals surface area (Å²) >= 11 is 1.55. The molecule has 3 aromatic rings.